The summed E-state index contributed by atoms with van der Waals surface area (Å²) in [6.07, 6.45) is 1.29. The maximum absolute atomic E-state index is 12.0. The molecule has 84 valence electrons. The maximum Gasteiger partial charge on any atom is 0.387 e. The smallest absolute Gasteiger partial charge is 0.387 e. The Labute approximate surface area is 91.3 Å². The first-order chi connectivity index (χ1) is 7.69. The topological polar surface area (TPSA) is 50.1 Å². The van der Waals surface area contributed by atoms with Crippen LogP contribution in [0.3, 0.4) is 0 Å². The highest BCUT2D eigenvalue weighted by atomic mass is 19.3. The molecule has 1 rings (SSSR count). The van der Waals surface area contributed by atoms with E-state index in [1.54, 1.807) is 12.1 Å². The van der Waals surface area contributed by atoms with Gasteiger partial charge in [0.1, 0.15) is 18.1 Å². The summed E-state index contributed by atoms with van der Waals surface area (Å²) in [6, 6.07) is 6.23. The number of hydrogen-bond donors (Lipinski definition) is 0. The van der Waals surface area contributed by atoms with Crippen LogP contribution in [0.15, 0.2) is 18.2 Å². The van der Waals surface area contributed by atoms with Crippen molar-refractivity contribution < 1.29 is 18.3 Å². The highest BCUT2D eigenvalue weighted by Gasteiger charge is 2.12. The lowest BCUT2D eigenvalue weighted by molar-refractivity contribution is -0.107. The third-order valence-corrected chi connectivity index (χ3v) is 1.97. The van der Waals surface area contributed by atoms with E-state index in [-0.39, 0.29) is 17.7 Å². The number of nitrogens with zero attached hydrogens (tertiary/aromatic N) is 1. The molecule has 0 aliphatic carbocycles. The lowest BCUT2D eigenvalue weighted by Crippen LogP contribution is -2.05. The summed E-state index contributed by atoms with van der Waals surface area (Å²) in [5.74, 6) is -0.152. The number of nitriles is 1. The minimum absolute atomic E-state index is 0.0599. The Hall–Kier alpha value is -1.96. The van der Waals surface area contributed by atoms with Gasteiger partial charge in [-0.2, -0.15) is 14.0 Å². The molecular formula is C11H9F2NO2. The van der Waals surface area contributed by atoms with E-state index in [1.165, 1.54) is 12.1 Å². The van der Waals surface area contributed by atoms with Crippen LogP contribution in [0.25, 0.3) is 0 Å². The number of ether oxygens (including phenoxy) is 1. The Kier molecular flexibility index (Phi) is 4.40. The number of benzene rings is 1. The molecule has 0 aliphatic rings. The third-order valence-electron chi connectivity index (χ3n) is 1.97. The summed E-state index contributed by atoms with van der Waals surface area (Å²) in [4.78, 5) is 10.2. The number of aryl methyl sites for hydroxylation is 1. The molecule has 0 aliphatic heterocycles. The van der Waals surface area contributed by atoms with Crippen molar-refractivity contribution in [3.63, 3.8) is 0 Å². The van der Waals surface area contributed by atoms with Crippen molar-refractivity contribution in [2.45, 2.75) is 19.5 Å². The van der Waals surface area contributed by atoms with Gasteiger partial charge < -0.3 is 9.53 Å². The van der Waals surface area contributed by atoms with Crippen molar-refractivity contribution >= 4 is 6.29 Å². The zero-order chi connectivity index (χ0) is 12.0. The first-order valence-corrected chi connectivity index (χ1v) is 4.59. The maximum atomic E-state index is 12.0. The molecule has 0 atom stereocenters. The van der Waals surface area contributed by atoms with Crippen LogP contribution in [0.4, 0.5) is 8.78 Å². The number of alkyl halides is 2. The zero-order valence-electron chi connectivity index (χ0n) is 8.32. The molecule has 0 saturated heterocycles. The summed E-state index contributed by atoms with van der Waals surface area (Å²) in [6.45, 7) is -2.96. The summed E-state index contributed by atoms with van der Waals surface area (Å²) in [5, 5.41) is 8.85. The number of aldehydes is 1. The molecule has 0 bridgehead atoms. The minimum Gasteiger partial charge on any atom is -0.433 e. The average molecular weight is 225 g/mol. The first-order valence-electron chi connectivity index (χ1n) is 4.59. The van der Waals surface area contributed by atoms with Crippen molar-refractivity contribution in [2.24, 2.45) is 0 Å². The summed E-state index contributed by atoms with van der Waals surface area (Å²) < 4.78 is 28.3. The van der Waals surface area contributed by atoms with E-state index in [1.807, 2.05) is 0 Å². The van der Waals surface area contributed by atoms with Crippen LogP contribution in [0.2, 0.25) is 0 Å². The van der Waals surface area contributed by atoms with Crippen LogP contribution < -0.4 is 4.74 Å². The molecule has 0 amide bonds. The number of carbonyl (C=O) groups is 1. The molecule has 3 nitrogen and oxygen atoms in total. The molecule has 0 fully saturated rings. The third kappa shape index (κ3) is 3.02. The van der Waals surface area contributed by atoms with Crippen LogP contribution in [0, 0.1) is 11.3 Å². The van der Waals surface area contributed by atoms with Crippen molar-refractivity contribution in [3.8, 4) is 11.8 Å². The number of halogens is 2. The number of carbonyl (C=O) groups excluding carboxylic acids is 1. The predicted molar refractivity (Wildman–Crippen MR) is 52.2 cm³/mol. The van der Waals surface area contributed by atoms with Gasteiger partial charge in [0.15, 0.2) is 0 Å². The summed E-state index contributed by atoms with van der Waals surface area (Å²) >= 11 is 0. The molecule has 16 heavy (non-hydrogen) atoms. The molecule has 0 N–H and O–H groups in total. The molecule has 0 heterocycles. The zero-order valence-corrected chi connectivity index (χ0v) is 8.32. The lowest BCUT2D eigenvalue weighted by Gasteiger charge is -2.09. The Morgan fingerprint density at radius 3 is 2.81 bits per heavy atom. The number of rotatable bonds is 5. The Balaban J connectivity index is 3.01. The van der Waals surface area contributed by atoms with E-state index in [9.17, 15) is 13.6 Å². The highest BCUT2D eigenvalue weighted by Crippen LogP contribution is 2.24. The number of hydrogen-bond acceptors (Lipinski definition) is 3. The highest BCUT2D eigenvalue weighted by molar-refractivity contribution is 5.53. The molecule has 1 aromatic rings. The predicted octanol–water partition coefficient (Wildman–Crippen LogP) is 2.29. The van der Waals surface area contributed by atoms with Crippen LogP contribution >= 0.6 is 0 Å². The van der Waals surface area contributed by atoms with Crippen molar-refractivity contribution in [1.29, 1.82) is 5.26 Å². The van der Waals surface area contributed by atoms with Crippen LogP contribution in [-0.4, -0.2) is 12.9 Å². The van der Waals surface area contributed by atoms with E-state index in [2.05, 4.69) is 4.74 Å². The molecule has 0 radical (unpaired) electrons. The van der Waals surface area contributed by atoms with Gasteiger partial charge in [0.05, 0.1) is 5.56 Å². The van der Waals surface area contributed by atoms with Gasteiger partial charge in [0, 0.05) is 6.42 Å². The van der Waals surface area contributed by atoms with Crippen molar-refractivity contribution in [3.05, 3.63) is 29.3 Å². The standard InChI is InChI=1S/C11H9F2NO2/c12-11(13)16-10-5-1-3-8(4-2-6-15)9(10)7-14/h1,3,5-6,11H,2,4H2. The Bertz CT molecular complexity index is 413. The summed E-state index contributed by atoms with van der Waals surface area (Å²) in [5.41, 5.74) is 0.595. The van der Waals surface area contributed by atoms with Crippen LogP contribution in [-0.2, 0) is 11.2 Å². The van der Waals surface area contributed by atoms with Gasteiger partial charge in [-0.25, -0.2) is 0 Å². The Morgan fingerprint density at radius 1 is 1.50 bits per heavy atom. The van der Waals surface area contributed by atoms with Gasteiger partial charge in [-0.05, 0) is 18.1 Å². The van der Waals surface area contributed by atoms with Gasteiger partial charge >= 0.3 is 6.61 Å². The molecule has 5 heteroatoms. The monoisotopic (exact) mass is 225 g/mol. The van der Waals surface area contributed by atoms with Crippen molar-refractivity contribution in [1.82, 2.24) is 0 Å². The molecule has 0 aromatic heterocycles. The molecule has 0 saturated carbocycles. The van der Waals surface area contributed by atoms with Crippen LogP contribution in [0.5, 0.6) is 5.75 Å². The fraction of sp³-hybridized carbons (Fsp3) is 0.273. The molecule has 0 spiro atoms. The largest absolute Gasteiger partial charge is 0.433 e. The van der Waals surface area contributed by atoms with Gasteiger partial charge in [0.2, 0.25) is 0 Å². The Morgan fingerprint density at radius 2 is 2.25 bits per heavy atom. The first kappa shape index (κ1) is 12.1. The average Bonchev–Trinajstić information content (AvgIpc) is 2.25. The quantitative estimate of drug-likeness (QED) is 0.722. The molecule has 1 aromatic carbocycles. The van der Waals surface area contributed by atoms with E-state index < -0.39 is 6.61 Å². The second kappa shape index (κ2) is 5.81. The lowest BCUT2D eigenvalue weighted by atomic mass is 10.0. The van der Waals surface area contributed by atoms with E-state index >= 15 is 0 Å². The SMILES string of the molecule is N#Cc1c(CCC=O)cccc1OC(F)F. The summed E-state index contributed by atoms with van der Waals surface area (Å²) in [7, 11) is 0. The van der Waals surface area contributed by atoms with E-state index in [0.717, 1.165) is 0 Å². The normalized spacial score (nSPS) is 9.88. The van der Waals surface area contributed by atoms with E-state index in [4.69, 9.17) is 5.26 Å². The van der Waals surface area contributed by atoms with Crippen LogP contribution in [0.1, 0.15) is 17.5 Å². The minimum atomic E-state index is -2.96. The van der Waals surface area contributed by atoms with Gasteiger partial charge in [-0.15, -0.1) is 0 Å². The molecular weight excluding hydrogens is 216 g/mol. The fourth-order valence-corrected chi connectivity index (χ4v) is 1.32. The fourth-order valence-electron chi connectivity index (χ4n) is 1.32. The van der Waals surface area contributed by atoms with Crippen molar-refractivity contribution in [2.75, 3.05) is 0 Å². The second-order valence-corrected chi connectivity index (χ2v) is 2.99. The van der Waals surface area contributed by atoms with Gasteiger partial charge in [-0.3, -0.25) is 0 Å². The second-order valence-electron chi connectivity index (χ2n) is 2.99. The molecule has 0 unspecified atom stereocenters. The van der Waals surface area contributed by atoms with Gasteiger partial charge in [-0.1, -0.05) is 12.1 Å². The van der Waals surface area contributed by atoms with Gasteiger partial charge in [0.25, 0.3) is 0 Å². The van der Waals surface area contributed by atoms with E-state index in [0.29, 0.717) is 18.3 Å².